The minimum absolute atomic E-state index is 0. The molecule has 0 fully saturated rings. The maximum atomic E-state index is 6.15. The molecule has 269 valence electrons. The zero-order valence-electron chi connectivity index (χ0n) is 32.0. The van der Waals surface area contributed by atoms with Crippen LogP contribution in [0.4, 0.5) is 0 Å². The monoisotopic (exact) mass is 879 g/mol. The number of fused-ring (bicyclic) bond motifs is 3. The van der Waals surface area contributed by atoms with Gasteiger partial charge in [0.15, 0.2) is 0 Å². The first-order chi connectivity index (χ1) is 24.3. The molecule has 4 aromatic carbocycles. The van der Waals surface area contributed by atoms with Gasteiger partial charge < -0.3 is 14.4 Å². The Morgan fingerprint density at radius 3 is 2.12 bits per heavy atom. The van der Waals surface area contributed by atoms with Crippen LogP contribution in [0, 0.1) is 23.5 Å². The van der Waals surface area contributed by atoms with Gasteiger partial charge in [0.25, 0.3) is 0 Å². The average Bonchev–Trinajstić information content (AvgIpc) is 3.48. The topological polar surface area (TPSA) is 38.9 Å². The quantitative estimate of drug-likeness (QED) is 0.118. The minimum atomic E-state index is -1.37. The zero-order chi connectivity index (χ0) is 36.3. The molecule has 0 saturated heterocycles. The van der Waals surface area contributed by atoms with Crippen molar-refractivity contribution in [2.24, 2.45) is 11.3 Å². The molecule has 1 unspecified atom stereocenters. The SMILES string of the molecule is CC(C)(C)Cc1cc(-c2[c-]cccc2)ncc1[Si](C)(C)C.CC(C)C(C)c1ccnc(-c2[c-]cc3oc4cc(-c5ccccc5)ccc4c3c2)c1.[Ir]. The molecule has 0 saturated carbocycles. The summed E-state index contributed by atoms with van der Waals surface area (Å²) in [6, 6.07) is 42.2. The number of benzene rings is 4. The van der Waals surface area contributed by atoms with E-state index in [1.54, 1.807) is 0 Å². The van der Waals surface area contributed by atoms with E-state index in [1.165, 1.54) is 21.9 Å². The van der Waals surface area contributed by atoms with Crippen molar-refractivity contribution in [3.05, 3.63) is 139 Å². The van der Waals surface area contributed by atoms with Crippen molar-refractivity contribution in [3.63, 3.8) is 0 Å². The van der Waals surface area contributed by atoms with Crippen LogP contribution in [0.5, 0.6) is 0 Å². The molecule has 0 spiro atoms. The van der Waals surface area contributed by atoms with Crippen LogP contribution < -0.4 is 5.19 Å². The van der Waals surface area contributed by atoms with Gasteiger partial charge in [-0.3, -0.25) is 0 Å². The summed E-state index contributed by atoms with van der Waals surface area (Å²) in [6.45, 7) is 20.9. The van der Waals surface area contributed by atoms with Crippen LogP contribution in [0.3, 0.4) is 0 Å². The van der Waals surface area contributed by atoms with Crippen molar-refractivity contribution in [2.45, 2.75) is 73.5 Å². The van der Waals surface area contributed by atoms with E-state index in [2.05, 4.69) is 157 Å². The molecule has 0 N–H and O–H groups in total. The average molecular weight is 879 g/mol. The summed E-state index contributed by atoms with van der Waals surface area (Å²) in [5, 5.41) is 3.70. The standard InChI is InChI=1S/C28H24NO.C19H26NSi.Ir/c1-18(2)19(3)21-13-14-29-26(16-21)23-10-12-27-25(15-23)24-11-9-22(17-28(24)30-27)20-7-5-4-6-8-20;1-19(2,3)13-16-12-17(15-10-8-7-9-11-15)20-14-18(16)21(4,5)6;/h4-9,11-19H,1-3H3;7-10,12,14H,13H2,1-6H3;/q2*-1;. The Labute approximate surface area is 325 Å². The molecular weight excluding hydrogens is 829 g/mol. The molecule has 0 aliphatic rings. The first kappa shape index (κ1) is 39.1. The van der Waals surface area contributed by atoms with Gasteiger partial charge in [-0.2, -0.15) is 0 Å². The maximum Gasteiger partial charge on any atom is 0.121 e. The largest absolute Gasteiger partial charge is 0.500 e. The van der Waals surface area contributed by atoms with Crippen LogP contribution in [-0.4, -0.2) is 18.0 Å². The normalized spacial score (nSPS) is 12.3. The first-order valence-corrected chi connectivity index (χ1v) is 21.6. The second-order valence-corrected chi connectivity index (χ2v) is 21.3. The van der Waals surface area contributed by atoms with Gasteiger partial charge in [0.2, 0.25) is 0 Å². The molecule has 52 heavy (non-hydrogen) atoms. The van der Waals surface area contributed by atoms with E-state index in [0.29, 0.717) is 11.8 Å². The van der Waals surface area contributed by atoms with Crippen molar-refractivity contribution in [1.29, 1.82) is 0 Å². The smallest absolute Gasteiger partial charge is 0.121 e. The Balaban J connectivity index is 0.000000210. The number of hydrogen-bond donors (Lipinski definition) is 0. The van der Waals surface area contributed by atoms with E-state index in [0.717, 1.165) is 56.4 Å². The zero-order valence-corrected chi connectivity index (χ0v) is 35.4. The predicted molar refractivity (Wildman–Crippen MR) is 219 cm³/mol. The van der Waals surface area contributed by atoms with E-state index in [4.69, 9.17) is 9.40 Å². The fourth-order valence-corrected chi connectivity index (χ4v) is 8.11. The molecule has 7 rings (SSSR count). The molecule has 0 aliphatic carbocycles. The number of pyridine rings is 2. The van der Waals surface area contributed by atoms with Crippen LogP contribution in [0.15, 0.2) is 120 Å². The molecule has 0 bridgehead atoms. The Kier molecular flexibility index (Phi) is 12.2. The Bertz CT molecular complexity index is 2250. The molecule has 0 amide bonds. The van der Waals surface area contributed by atoms with Crippen molar-refractivity contribution in [3.8, 4) is 33.6 Å². The second kappa shape index (κ2) is 16.2. The van der Waals surface area contributed by atoms with Gasteiger partial charge in [-0.05, 0) is 63.5 Å². The predicted octanol–water partition coefficient (Wildman–Crippen LogP) is 12.6. The van der Waals surface area contributed by atoms with E-state index in [9.17, 15) is 0 Å². The van der Waals surface area contributed by atoms with Crippen molar-refractivity contribution in [1.82, 2.24) is 9.97 Å². The molecule has 1 radical (unpaired) electrons. The third kappa shape index (κ3) is 9.25. The number of rotatable bonds is 7. The minimum Gasteiger partial charge on any atom is -0.500 e. The Morgan fingerprint density at radius 2 is 1.44 bits per heavy atom. The van der Waals surface area contributed by atoms with Crippen LogP contribution >= 0.6 is 0 Å². The summed E-state index contributed by atoms with van der Waals surface area (Å²) in [5.41, 5.74) is 11.2. The Morgan fingerprint density at radius 1 is 0.712 bits per heavy atom. The van der Waals surface area contributed by atoms with E-state index in [1.807, 2.05) is 36.5 Å². The third-order valence-corrected chi connectivity index (χ3v) is 11.7. The van der Waals surface area contributed by atoms with Crippen LogP contribution in [0.25, 0.3) is 55.6 Å². The summed E-state index contributed by atoms with van der Waals surface area (Å²) in [4.78, 5) is 9.32. The first-order valence-electron chi connectivity index (χ1n) is 18.1. The van der Waals surface area contributed by atoms with Gasteiger partial charge in [-0.15, -0.1) is 59.7 Å². The molecule has 0 aliphatic heterocycles. The summed E-state index contributed by atoms with van der Waals surface area (Å²) in [6.07, 6.45) is 5.11. The van der Waals surface area contributed by atoms with E-state index in [-0.39, 0.29) is 25.5 Å². The van der Waals surface area contributed by atoms with Gasteiger partial charge in [0, 0.05) is 37.9 Å². The van der Waals surface area contributed by atoms with Crippen molar-refractivity contribution < 1.29 is 24.5 Å². The van der Waals surface area contributed by atoms with Crippen molar-refractivity contribution in [2.75, 3.05) is 0 Å². The Hall–Kier alpha value is -4.15. The molecule has 3 nitrogen and oxygen atoms in total. The summed E-state index contributed by atoms with van der Waals surface area (Å²) in [7, 11) is -1.37. The van der Waals surface area contributed by atoms with E-state index < -0.39 is 8.07 Å². The summed E-state index contributed by atoms with van der Waals surface area (Å²) < 4.78 is 6.15. The van der Waals surface area contributed by atoms with Crippen LogP contribution in [0.2, 0.25) is 19.6 Å². The number of hydrogen-bond acceptors (Lipinski definition) is 3. The fourth-order valence-electron chi connectivity index (χ4n) is 6.53. The van der Waals surface area contributed by atoms with Crippen LogP contribution in [0.1, 0.15) is 58.6 Å². The third-order valence-electron chi connectivity index (χ3n) is 9.60. The maximum absolute atomic E-state index is 6.15. The van der Waals surface area contributed by atoms with Gasteiger partial charge in [-0.25, -0.2) is 0 Å². The molecular formula is C47H50IrN2OSi-2. The second-order valence-electron chi connectivity index (χ2n) is 16.3. The molecule has 3 aromatic heterocycles. The number of nitrogens with zero attached hydrogens (tertiary/aromatic N) is 2. The summed E-state index contributed by atoms with van der Waals surface area (Å²) >= 11 is 0. The molecule has 5 heteroatoms. The van der Waals surface area contributed by atoms with Gasteiger partial charge in [0.05, 0.1) is 13.7 Å². The summed E-state index contributed by atoms with van der Waals surface area (Å²) in [5.74, 6) is 1.07. The van der Waals surface area contributed by atoms with Crippen LogP contribution in [-0.2, 0) is 26.5 Å². The van der Waals surface area contributed by atoms with Gasteiger partial charge >= 0.3 is 0 Å². The van der Waals surface area contributed by atoms with Gasteiger partial charge in [0.1, 0.15) is 5.58 Å². The van der Waals surface area contributed by atoms with Gasteiger partial charge in [-0.1, -0.05) is 132 Å². The number of furan rings is 1. The molecule has 7 aromatic rings. The van der Waals surface area contributed by atoms with Crippen molar-refractivity contribution >= 4 is 35.2 Å². The van der Waals surface area contributed by atoms with E-state index >= 15 is 0 Å². The molecule has 1 atom stereocenters. The molecule has 3 heterocycles. The number of aromatic nitrogens is 2. The fraction of sp³-hybridized carbons (Fsp3) is 0.277.